The van der Waals surface area contributed by atoms with Gasteiger partial charge < -0.3 is 5.32 Å². The fraction of sp³-hybridized carbons (Fsp3) is 0.250. The largest absolute Gasteiger partial charge is 0.356 e. The molecule has 90 valence electrons. The third-order valence-corrected chi connectivity index (χ3v) is 3.56. The van der Waals surface area contributed by atoms with E-state index < -0.39 is 0 Å². The predicted octanol–water partition coefficient (Wildman–Crippen LogP) is 4.03. The maximum absolute atomic E-state index is 5.99. The first-order valence-electron chi connectivity index (χ1n) is 5.37. The Kier molecular flexibility index (Phi) is 3.74. The Balaban J connectivity index is 2.47. The zero-order valence-electron chi connectivity index (χ0n) is 9.67. The number of hydrogen-bond donors (Lipinski definition) is 1. The molecule has 0 aliphatic carbocycles. The van der Waals surface area contributed by atoms with E-state index in [0.717, 1.165) is 28.3 Å². The molecule has 0 aliphatic heterocycles. The molecule has 0 atom stereocenters. The second-order valence-electron chi connectivity index (χ2n) is 3.70. The molecule has 0 bridgehead atoms. The number of benzene rings is 1. The van der Waals surface area contributed by atoms with E-state index in [1.165, 1.54) is 0 Å². The van der Waals surface area contributed by atoms with Crippen molar-refractivity contribution in [3.63, 3.8) is 0 Å². The first-order valence-corrected chi connectivity index (χ1v) is 6.54. The second-order valence-corrected chi connectivity index (χ2v) is 4.97. The van der Waals surface area contributed by atoms with Crippen LogP contribution in [0.5, 0.6) is 0 Å². The van der Waals surface area contributed by atoms with Crippen molar-refractivity contribution >= 4 is 33.5 Å². The molecule has 1 heterocycles. The minimum absolute atomic E-state index is 0.704. The number of aryl methyl sites for hydroxylation is 1. The smallest absolute Gasteiger partial charge is 0.207 e. The SMILES string of the molecule is CCNc1nc(C)cn1-c1ccc(Cl)c(Br)c1. The van der Waals surface area contributed by atoms with Gasteiger partial charge in [-0.05, 0) is 48.0 Å². The molecule has 5 heteroatoms. The summed E-state index contributed by atoms with van der Waals surface area (Å²) in [5.41, 5.74) is 2.00. The van der Waals surface area contributed by atoms with Gasteiger partial charge in [-0.15, -0.1) is 0 Å². The van der Waals surface area contributed by atoms with Crippen LogP contribution in [0.2, 0.25) is 5.02 Å². The van der Waals surface area contributed by atoms with Crippen molar-refractivity contribution < 1.29 is 0 Å². The van der Waals surface area contributed by atoms with E-state index in [9.17, 15) is 0 Å². The van der Waals surface area contributed by atoms with Crippen LogP contribution >= 0.6 is 27.5 Å². The van der Waals surface area contributed by atoms with Gasteiger partial charge in [0.2, 0.25) is 5.95 Å². The molecule has 2 aromatic rings. The van der Waals surface area contributed by atoms with Crippen molar-refractivity contribution in [1.29, 1.82) is 0 Å². The molecule has 1 aromatic carbocycles. The summed E-state index contributed by atoms with van der Waals surface area (Å²) in [7, 11) is 0. The average molecular weight is 315 g/mol. The van der Waals surface area contributed by atoms with E-state index >= 15 is 0 Å². The van der Waals surface area contributed by atoms with Crippen molar-refractivity contribution in [2.45, 2.75) is 13.8 Å². The van der Waals surface area contributed by atoms with Crippen LogP contribution in [0.4, 0.5) is 5.95 Å². The molecule has 0 radical (unpaired) electrons. The lowest BCUT2D eigenvalue weighted by Crippen LogP contribution is -2.04. The molecule has 0 unspecified atom stereocenters. The molecular formula is C12H13BrClN3. The molecule has 1 N–H and O–H groups in total. The van der Waals surface area contributed by atoms with Gasteiger partial charge >= 0.3 is 0 Å². The Hall–Kier alpha value is -1.000. The highest BCUT2D eigenvalue weighted by Crippen LogP contribution is 2.26. The van der Waals surface area contributed by atoms with Gasteiger partial charge in [0.05, 0.1) is 10.7 Å². The van der Waals surface area contributed by atoms with Crippen LogP contribution in [0.1, 0.15) is 12.6 Å². The monoisotopic (exact) mass is 313 g/mol. The van der Waals surface area contributed by atoms with E-state index in [1.54, 1.807) is 0 Å². The molecule has 17 heavy (non-hydrogen) atoms. The molecule has 0 fully saturated rings. The maximum Gasteiger partial charge on any atom is 0.207 e. The quantitative estimate of drug-likeness (QED) is 0.927. The lowest BCUT2D eigenvalue weighted by atomic mass is 10.3. The normalized spacial score (nSPS) is 10.6. The summed E-state index contributed by atoms with van der Waals surface area (Å²) in [4.78, 5) is 4.43. The number of aromatic nitrogens is 2. The van der Waals surface area contributed by atoms with Gasteiger partial charge in [0.1, 0.15) is 0 Å². The van der Waals surface area contributed by atoms with Crippen LogP contribution < -0.4 is 5.32 Å². The fourth-order valence-electron chi connectivity index (χ4n) is 1.61. The fourth-order valence-corrected chi connectivity index (χ4v) is 2.10. The molecule has 3 nitrogen and oxygen atoms in total. The van der Waals surface area contributed by atoms with Crippen molar-refractivity contribution in [3.05, 3.63) is 39.6 Å². The molecule has 0 amide bonds. The number of nitrogens with one attached hydrogen (secondary N) is 1. The highest BCUT2D eigenvalue weighted by Gasteiger charge is 2.07. The molecule has 0 spiro atoms. The van der Waals surface area contributed by atoms with E-state index in [4.69, 9.17) is 11.6 Å². The topological polar surface area (TPSA) is 29.9 Å². The van der Waals surface area contributed by atoms with Crippen LogP contribution in [-0.2, 0) is 0 Å². The Morgan fingerprint density at radius 1 is 1.47 bits per heavy atom. The standard InChI is InChI=1S/C12H13BrClN3/c1-3-15-12-16-8(2)7-17(12)9-4-5-11(14)10(13)6-9/h4-7H,3H2,1-2H3,(H,15,16). The highest BCUT2D eigenvalue weighted by atomic mass is 79.9. The number of nitrogens with zero attached hydrogens (tertiary/aromatic N) is 2. The molecule has 0 saturated heterocycles. The third kappa shape index (κ3) is 2.64. The lowest BCUT2D eigenvalue weighted by Gasteiger charge is -2.09. The Labute approximate surface area is 114 Å². The van der Waals surface area contributed by atoms with E-state index in [2.05, 4.69) is 26.2 Å². The number of hydrogen-bond acceptors (Lipinski definition) is 2. The molecule has 0 aliphatic rings. The number of imidazole rings is 1. The van der Waals surface area contributed by atoms with Crippen molar-refractivity contribution in [2.75, 3.05) is 11.9 Å². The van der Waals surface area contributed by atoms with E-state index in [1.807, 2.05) is 42.8 Å². The van der Waals surface area contributed by atoms with Crippen LogP contribution in [0.3, 0.4) is 0 Å². The van der Waals surface area contributed by atoms with E-state index in [-0.39, 0.29) is 0 Å². The summed E-state index contributed by atoms with van der Waals surface area (Å²) in [5, 5.41) is 3.94. The predicted molar refractivity (Wildman–Crippen MR) is 75.2 cm³/mol. The minimum Gasteiger partial charge on any atom is -0.356 e. The lowest BCUT2D eigenvalue weighted by molar-refractivity contribution is 1.02. The van der Waals surface area contributed by atoms with Gasteiger partial charge in [-0.3, -0.25) is 4.57 Å². The first-order chi connectivity index (χ1) is 8.11. The summed E-state index contributed by atoms with van der Waals surface area (Å²) >= 11 is 9.41. The third-order valence-electron chi connectivity index (χ3n) is 2.34. The Morgan fingerprint density at radius 3 is 2.88 bits per heavy atom. The van der Waals surface area contributed by atoms with Crippen molar-refractivity contribution in [2.24, 2.45) is 0 Å². The highest BCUT2D eigenvalue weighted by molar-refractivity contribution is 9.10. The van der Waals surface area contributed by atoms with Crippen molar-refractivity contribution in [3.8, 4) is 5.69 Å². The summed E-state index contributed by atoms with van der Waals surface area (Å²) in [6.45, 7) is 4.86. The van der Waals surface area contributed by atoms with Crippen LogP contribution in [0, 0.1) is 6.92 Å². The van der Waals surface area contributed by atoms with Crippen LogP contribution in [-0.4, -0.2) is 16.1 Å². The molecule has 0 saturated carbocycles. The van der Waals surface area contributed by atoms with Gasteiger partial charge in [0.25, 0.3) is 0 Å². The van der Waals surface area contributed by atoms with Gasteiger partial charge in [-0.2, -0.15) is 0 Å². The maximum atomic E-state index is 5.99. The summed E-state index contributed by atoms with van der Waals surface area (Å²) in [6.07, 6.45) is 1.99. The Bertz CT molecular complexity index is 537. The number of halogens is 2. The summed E-state index contributed by atoms with van der Waals surface area (Å²) in [6, 6.07) is 5.81. The van der Waals surface area contributed by atoms with Gasteiger partial charge in [-0.25, -0.2) is 4.98 Å². The first kappa shape index (κ1) is 12.5. The average Bonchev–Trinajstić information content (AvgIpc) is 2.64. The number of rotatable bonds is 3. The van der Waals surface area contributed by atoms with Gasteiger partial charge in [-0.1, -0.05) is 11.6 Å². The molecule has 2 rings (SSSR count). The van der Waals surface area contributed by atoms with Gasteiger partial charge in [0, 0.05) is 22.9 Å². The van der Waals surface area contributed by atoms with Crippen LogP contribution in [0.15, 0.2) is 28.9 Å². The van der Waals surface area contributed by atoms with Gasteiger partial charge in [0.15, 0.2) is 0 Å². The number of anilines is 1. The Morgan fingerprint density at radius 2 is 2.24 bits per heavy atom. The molecule has 1 aromatic heterocycles. The zero-order chi connectivity index (χ0) is 12.4. The zero-order valence-corrected chi connectivity index (χ0v) is 12.0. The summed E-state index contributed by atoms with van der Waals surface area (Å²) in [5.74, 6) is 0.847. The summed E-state index contributed by atoms with van der Waals surface area (Å²) < 4.78 is 2.89. The minimum atomic E-state index is 0.704. The second kappa shape index (κ2) is 5.10. The van der Waals surface area contributed by atoms with Crippen LogP contribution in [0.25, 0.3) is 5.69 Å². The molecular weight excluding hydrogens is 302 g/mol. The van der Waals surface area contributed by atoms with Crippen molar-refractivity contribution in [1.82, 2.24) is 9.55 Å². The van der Waals surface area contributed by atoms with E-state index in [0.29, 0.717) is 5.02 Å².